The van der Waals surface area contributed by atoms with Crippen LogP contribution < -0.4 is 16.6 Å². The molecule has 0 spiro atoms. The molecule has 0 radical (unpaired) electrons. The molecule has 0 heterocycles. The summed E-state index contributed by atoms with van der Waals surface area (Å²) in [7, 11) is 1.59. The van der Waals surface area contributed by atoms with E-state index in [1.165, 1.54) is 0 Å². The standard InChI is InChI=1S/C11H18N4O3/c1-11(2,18-3)7-13-8-5-4-6-9(14-12)10(8)15(16)17/h4-6,13-14H,7,12H2,1-3H3. The predicted molar refractivity (Wildman–Crippen MR) is 70.5 cm³/mol. The van der Waals surface area contributed by atoms with Crippen molar-refractivity contribution in [2.24, 2.45) is 5.84 Å². The summed E-state index contributed by atoms with van der Waals surface area (Å²) in [5.74, 6) is 5.26. The lowest BCUT2D eigenvalue weighted by molar-refractivity contribution is -0.383. The molecule has 0 atom stereocenters. The van der Waals surface area contributed by atoms with Gasteiger partial charge in [0.25, 0.3) is 0 Å². The van der Waals surface area contributed by atoms with Gasteiger partial charge in [0.2, 0.25) is 0 Å². The van der Waals surface area contributed by atoms with Crippen molar-refractivity contribution in [1.29, 1.82) is 0 Å². The number of rotatable bonds is 6. The number of para-hydroxylation sites is 1. The zero-order chi connectivity index (χ0) is 13.8. The van der Waals surface area contributed by atoms with Crippen molar-refractivity contribution < 1.29 is 9.66 Å². The fourth-order valence-corrected chi connectivity index (χ4v) is 1.38. The lowest BCUT2D eigenvalue weighted by Crippen LogP contribution is -2.32. The highest BCUT2D eigenvalue weighted by Crippen LogP contribution is 2.32. The van der Waals surface area contributed by atoms with E-state index in [0.29, 0.717) is 12.2 Å². The molecule has 1 aromatic carbocycles. The van der Waals surface area contributed by atoms with Gasteiger partial charge in [0.1, 0.15) is 11.4 Å². The van der Waals surface area contributed by atoms with E-state index in [1.807, 2.05) is 13.8 Å². The Morgan fingerprint density at radius 3 is 2.56 bits per heavy atom. The van der Waals surface area contributed by atoms with Gasteiger partial charge in [-0.1, -0.05) is 6.07 Å². The first-order valence-corrected chi connectivity index (χ1v) is 5.44. The molecule has 7 heteroatoms. The minimum atomic E-state index is -0.475. The molecule has 0 fully saturated rings. The van der Waals surface area contributed by atoms with Crippen molar-refractivity contribution in [3.05, 3.63) is 28.3 Å². The molecule has 0 unspecified atom stereocenters. The van der Waals surface area contributed by atoms with E-state index < -0.39 is 10.5 Å². The molecule has 18 heavy (non-hydrogen) atoms. The van der Waals surface area contributed by atoms with Crippen LogP contribution in [-0.4, -0.2) is 24.2 Å². The van der Waals surface area contributed by atoms with Crippen LogP contribution in [0.25, 0.3) is 0 Å². The molecule has 0 aliphatic rings. The van der Waals surface area contributed by atoms with E-state index in [-0.39, 0.29) is 11.4 Å². The zero-order valence-electron chi connectivity index (χ0n) is 10.7. The molecule has 1 rings (SSSR count). The van der Waals surface area contributed by atoms with Crippen molar-refractivity contribution in [3.8, 4) is 0 Å². The zero-order valence-corrected chi connectivity index (χ0v) is 10.7. The minimum absolute atomic E-state index is 0.0769. The summed E-state index contributed by atoms with van der Waals surface area (Å²) in [5.41, 5.74) is 2.49. The van der Waals surface area contributed by atoms with Crippen LogP contribution in [0.3, 0.4) is 0 Å². The number of hydrogen-bond donors (Lipinski definition) is 3. The van der Waals surface area contributed by atoms with Gasteiger partial charge >= 0.3 is 5.69 Å². The predicted octanol–water partition coefficient (Wildman–Crippen LogP) is 1.72. The minimum Gasteiger partial charge on any atom is -0.377 e. The second-order valence-corrected chi connectivity index (χ2v) is 4.42. The molecule has 0 saturated heterocycles. The number of methoxy groups -OCH3 is 1. The molecule has 7 nitrogen and oxygen atoms in total. The number of nitro groups is 1. The van der Waals surface area contributed by atoms with Gasteiger partial charge in [-0.25, -0.2) is 0 Å². The Morgan fingerprint density at radius 2 is 2.06 bits per heavy atom. The third-order valence-electron chi connectivity index (χ3n) is 2.63. The fraction of sp³-hybridized carbons (Fsp3) is 0.455. The first kappa shape index (κ1) is 14.2. The van der Waals surface area contributed by atoms with E-state index in [1.54, 1.807) is 25.3 Å². The average molecular weight is 254 g/mol. The van der Waals surface area contributed by atoms with E-state index in [4.69, 9.17) is 10.6 Å². The maximum Gasteiger partial charge on any atom is 0.316 e. The van der Waals surface area contributed by atoms with Gasteiger partial charge in [0.15, 0.2) is 0 Å². The third-order valence-corrected chi connectivity index (χ3v) is 2.63. The summed E-state index contributed by atoms with van der Waals surface area (Å²) in [4.78, 5) is 10.6. The number of benzene rings is 1. The highest BCUT2D eigenvalue weighted by molar-refractivity contribution is 5.75. The molecule has 0 aliphatic heterocycles. The number of nitrogens with zero attached hydrogens (tertiary/aromatic N) is 1. The third kappa shape index (κ3) is 3.31. The summed E-state index contributed by atoms with van der Waals surface area (Å²) in [5, 5.41) is 14.0. The second kappa shape index (κ2) is 5.65. The number of nitrogens with one attached hydrogen (secondary N) is 2. The van der Waals surface area contributed by atoms with Crippen LogP contribution in [0.15, 0.2) is 18.2 Å². The van der Waals surface area contributed by atoms with E-state index in [2.05, 4.69) is 10.7 Å². The van der Waals surface area contributed by atoms with Gasteiger partial charge < -0.3 is 15.5 Å². The quantitative estimate of drug-likeness (QED) is 0.406. The van der Waals surface area contributed by atoms with Gasteiger partial charge in [0.05, 0.1) is 10.5 Å². The first-order valence-electron chi connectivity index (χ1n) is 5.44. The van der Waals surface area contributed by atoms with Crippen molar-refractivity contribution in [1.82, 2.24) is 0 Å². The molecule has 0 bridgehead atoms. The summed E-state index contributed by atoms with van der Waals surface area (Å²) < 4.78 is 5.24. The van der Waals surface area contributed by atoms with Crippen LogP contribution in [-0.2, 0) is 4.74 Å². The highest BCUT2D eigenvalue weighted by atomic mass is 16.6. The van der Waals surface area contributed by atoms with Crippen LogP contribution in [0.2, 0.25) is 0 Å². The first-order chi connectivity index (χ1) is 8.41. The van der Waals surface area contributed by atoms with Crippen LogP contribution >= 0.6 is 0 Å². The molecular weight excluding hydrogens is 236 g/mol. The molecular formula is C11H18N4O3. The van der Waals surface area contributed by atoms with Gasteiger partial charge in [-0.2, -0.15) is 0 Å². The van der Waals surface area contributed by atoms with Gasteiger partial charge in [-0.05, 0) is 26.0 Å². The summed E-state index contributed by atoms with van der Waals surface area (Å²) in [6.45, 7) is 4.21. The summed E-state index contributed by atoms with van der Waals surface area (Å²) in [6, 6.07) is 4.86. The topological polar surface area (TPSA) is 102 Å². The van der Waals surface area contributed by atoms with Crippen molar-refractivity contribution in [2.45, 2.75) is 19.4 Å². The van der Waals surface area contributed by atoms with Gasteiger partial charge in [0, 0.05) is 13.7 Å². The van der Waals surface area contributed by atoms with E-state index in [0.717, 1.165) is 0 Å². The molecule has 0 aliphatic carbocycles. The summed E-state index contributed by atoms with van der Waals surface area (Å²) in [6.07, 6.45) is 0. The Hall–Kier alpha value is -1.86. The number of nitro benzene ring substituents is 1. The number of ether oxygens (including phenoxy) is 1. The lowest BCUT2D eigenvalue weighted by atomic mass is 10.1. The van der Waals surface area contributed by atoms with Crippen molar-refractivity contribution >= 4 is 17.1 Å². The van der Waals surface area contributed by atoms with Crippen molar-refractivity contribution in [3.63, 3.8) is 0 Å². The molecule has 100 valence electrons. The smallest absolute Gasteiger partial charge is 0.316 e. The second-order valence-electron chi connectivity index (χ2n) is 4.42. The van der Waals surface area contributed by atoms with Crippen LogP contribution in [0.1, 0.15) is 13.8 Å². The van der Waals surface area contributed by atoms with E-state index >= 15 is 0 Å². The van der Waals surface area contributed by atoms with Gasteiger partial charge in [-0.15, -0.1) is 0 Å². The van der Waals surface area contributed by atoms with E-state index in [9.17, 15) is 10.1 Å². The number of hydrazine groups is 1. The molecule has 0 amide bonds. The summed E-state index contributed by atoms with van der Waals surface area (Å²) >= 11 is 0. The fourth-order valence-electron chi connectivity index (χ4n) is 1.38. The Labute approximate surface area is 105 Å². The maximum atomic E-state index is 11.0. The Balaban J connectivity index is 2.99. The van der Waals surface area contributed by atoms with Crippen LogP contribution in [0.5, 0.6) is 0 Å². The van der Waals surface area contributed by atoms with Crippen molar-refractivity contribution in [2.75, 3.05) is 24.4 Å². The molecule has 4 N–H and O–H groups in total. The normalized spacial score (nSPS) is 11.1. The number of nitrogens with two attached hydrogens (primary N) is 1. The Kier molecular flexibility index (Phi) is 4.46. The monoisotopic (exact) mass is 254 g/mol. The number of nitrogen functional groups attached to an aromatic ring is 1. The molecule has 1 aromatic rings. The largest absolute Gasteiger partial charge is 0.377 e. The average Bonchev–Trinajstić information content (AvgIpc) is 2.35. The number of anilines is 2. The molecule has 0 aromatic heterocycles. The Morgan fingerprint density at radius 1 is 1.44 bits per heavy atom. The highest BCUT2D eigenvalue weighted by Gasteiger charge is 2.22. The SMILES string of the molecule is COC(C)(C)CNc1cccc(NN)c1[N+](=O)[O-]. The van der Waals surface area contributed by atoms with Crippen LogP contribution in [0, 0.1) is 10.1 Å². The number of hydrogen-bond acceptors (Lipinski definition) is 6. The van der Waals surface area contributed by atoms with Gasteiger partial charge in [-0.3, -0.25) is 16.0 Å². The maximum absolute atomic E-state index is 11.0. The van der Waals surface area contributed by atoms with Crippen LogP contribution in [0.4, 0.5) is 17.1 Å². The lowest BCUT2D eigenvalue weighted by Gasteiger charge is -2.23. The Bertz CT molecular complexity index is 434. The molecule has 0 saturated carbocycles.